The normalized spacial score (nSPS) is 18.7. The Kier molecular flexibility index (Phi) is 4.51. The molecule has 1 fully saturated rings. The number of fused-ring (bicyclic) bond motifs is 1. The van der Waals surface area contributed by atoms with Crippen molar-refractivity contribution >= 4 is 17.4 Å². The van der Waals surface area contributed by atoms with Crippen LogP contribution in [-0.4, -0.2) is 35.9 Å². The minimum absolute atomic E-state index is 0.0781. The molecule has 0 N–H and O–H groups in total. The van der Waals surface area contributed by atoms with Crippen molar-refractivity contribution in [2.24, 2.45) is 0 Å². The first kappa shape index (κ1) is 17.5. The number of hydrogen-bond acceptors (Lipinski definition) is 5. The molecule has 0 saturated carbocycles. The van der Waals surface area contributed by atoms with Crippen molar-refractivity contribution in [3.05, 3.63) is 47.4 Å². The van der Waals surface area contributed by atoms with Gasteiger partial charge in [0.2, 0.25) is 5.88 Å². The number of aromatic nitrogens is 1. The number of benzene rings is 1. The monoisotopic (exact) mass is 370 g/mol. The number of carbonyl (C=O) groups is 2. The van der Waals surface area contributed by atoms with E-state index in [1.165, 1.54) is 17.2 Å². The average molecular weight is 370 g/mol. The molecule has 0 bridgehead atoms. The number of rotatable bonds is 5. The van der Waals surface area contributed by atoms with Crippen molar-refractivity contribution in [1.29, 1.82) is 0 Å². The van der Waals surface area contributed by atoms with Crippen LogP contribution in [0.5, 0.6) is 11.6 Å². The van der Waals surface area contributed by atoms with Crippen LogP contribution in [0.3, 0.4) is 0 Å². The fourth-order valence-corrected chi connectivity index (χ4v) is 3.51. The Hall–Kier alpha value is -2.96. The molecule has 0 spiro atoms. The van der Waals surface area contributed by atoms with Crippen molar-refractivity contribution in [2.45, 2.75) is 32.3 Å². The predicted octanol–water partition coefficient (Wildman–Crippen LogP) is 2.93. The van der Waals surface area contributed by atoms with E-state index in [4.69, 9.17) is 9.47 Å². The van der Waals surface area contributed by atoms with Gasteiger partial charge in [0.05, 0.1) is 12.8 Å². The maximum Gasteiger partial charge on any atom is 0.268 e. The van der Waals surface area contributed by atoms with E-state index < -0.39 is 11.9 Å². The first-order valence-electron chi connectivity index (χ1n) is 8.99. The Labute approximate surface area is 155 Å². The molecule has 4 rings (SSSR count). The molecule has 0 radical (unpaired) electrons. The molecule has 0 unspecified atom stereocenters. The molecule has 2 aliphatic rings. The van der Waals surface area contributed by atoms with Gasteiger partial charge < -0.3 is 14.4 Å². The second kappa shape index (κ2) is 6.98. The average Bonchev–Trinajstić information content (AvgIpc) is 3.21. The highest BCUT2D eigenvalue weighted by Gasteiger charge is 2.36. The van der Waals surface area contributed by atoms with Crippen molar-refractivity contribution in [3.8, 4) is 11.6 Å². The topological polar surface area (TPSA) is 68.7 Å². The third-order valence-corrected chi connectivity index (χ3v) is 4.83. The second-order valence-electron chi connectivity index (χ2n) is 6.53. The molecule has 1 aliphatic heterocycles. The van der Waals surface area contributed by atoms with E-state index in [9.17, 15) is 14.0 Å². The first-order chi connectivity index (χ1) is 13.1. The number of Topliss-reactive ketones (excluding diaryl/α,β-unsaturated/α-hetero) is 1. The molecule has 1 aromatic carbocycles. The number of nitrogens with zero attached hydrogens (tertiary/aromatic N) is 2. The Balaban J connectivity index is 1.50. The summed E-state index contributed by atoms with van der Waals surface area (Å²) in [6, 6.07) is 6.32. The van der Waals surface area contributed by atoms with Gasteiger partial charge in [0.25, 0.3) is 5.91 Å². The van der Waals surface area contributed by atoms with E-state index in [0.717, 1.165) is 0 Å². The minimum atomic E-state index is -0.670. The summed E-state index contributed by atoms with van der Waals surface area (Å²) in [5.74, 6) is 0.192. The van der Waals surface area contributed by atoms with Crippen LogP contribution in [0, 0.1) is 5.82 Å². The zero-order valence-electron chi connectivity index (χ0n) is 14.9. The number of ketones is 1. The number of ether oxygens (including phenoxy) is 2. The SMILES string of the molecule is CCOc1ccc(O[C@H]2CCN(c3cc(F)c4c(c3)C(=O)CC4)C2=O)cn1. The highest BCUT2D eigenvalue weighted by Crippen LogP contribution is 2.32. The maximum atomic E-state index is 14.3. The fraction of sp³-hybridized carbons (Fsp3) is 0.350. The van der Waals surface area contributed by atoms with E-state index in [1.54, 1.807) is 18.2 Å². The molecule has 1 atom stereocenters. The third-order valence-electron chi connectivity index (χ3n) is 4.83. The second-order valence-corrected chi connectivity index (χ2v) is 6.53. The number of amides is 1. The zero-order chi connectivity index (χ0) is 19.0. The lowest BCUT2D eigenvalue weighted by Crippen LogP contribution is -2.32. The number of pyridine rings is 1. The standard InChI is InChI=1S/C20H19FN2O4/c1-2-26-19-6-3-13(11-22-19)27-18-7-8-23(20(18)25)12-9-15-14(16(21)10-12)4-5-17(15)24/h3,6,9-11,18H,2,4-5,7-8H2,1H3/t18-/m0/s1. The van der Waals surface area contributed by atoms with Crippen molar-refractivity contribution in [2.75, 3.05) is 18.1 Å². The molecule has 7 heteroatoms. The predicted molar refractivity (Wildman–Crippen MR) is 95.8 cm³/mol. The Morgan fingerprint density at radius 3 is 2.85 bits per heavy atom. The Morgan fingerprint density at radius 2 is 2.11 bits per heavy atom. The molecule has 1 saturated heterocycles. The summed E-state index contributed by atoms with van der Waals surface area (Å²) in [7, 11) is 0. The molecule has 27 heavy (non-hydrogen) atoms. The molecular weight excluding hydrogens is 351 g/mol. The van der Waals surface area contributed by atoms with Crippen LogP contribution in [-0.2, 0) is 11.2 Å². The van der Waals surface area contributed by atoms with Crippen LogP contribution in [0.4, 0.5) is 10.1 Å². The lowest BCUT2D eigenvalue weighted by Gasteiger charge is -2.18. The van der Waals surface area contributed by atoms with E-state index in [0.29, 0.717) is 60.9 Å². The summed E-state index contributed by atoms with van der Waals surface area (Å²) in [5.41, 5.74) is 1.24. The van der Waals surface area contributed by atoms with Crippen molar-refractivity contribution in [3.63, 3.8) is 0 Å². The van der Waals surface area contributed by atoms with Gasteiger partial charge in [0, 0.05) is 36.7 Å². The van der Waals surface area contributed by atoms with Gasteiger partial charge in [-0.25, -0.2) is 9.37 Å². The van der Waals surface area contributed by atoms with Crippen LogP contribution in [0.25, 0.3) is 0 Å². The third kappa shape index (κ3) is 3.25. The molecule has 140 valence electrons. The van der Waals surface area contributed by atoms with Crippen LogP contribution < -0.4 is 14.4 Å². The molecule has 1 amide bonds. The van der Waals surface area contributed by atoms with E-state index >= 15 is 0 Å². The van der Waals surface area contributed by atoms with Gasteiger partial charge >= 0.3 is 0 Å². The fourth-order valence-electron chi connectivity index (χ4n) is 3.51. The first-order valence-corrected chi connectivity index (χ1v) is 8.99. The summed E-state index contributed by atoms with van der Waals surface area (Å²) < 4.78 is 25.3. The number of anilines is 1. The molecule has 2 aromatic rings. The lowest BCUT2D eigenvalue weighted by molar-refractivity contribution is -0.122. The van der Waals surface area contributed by atoms with Gasteiger partial charge in [-0.05, 0) is 37.1 Å². The van der Waals surface area contributed by atoms with Gasteiger partial charge in [0.1, 0.15) is 11.6 Å². The van der Waals surface area contributed by atoms with Crippen LogP contribution in [0.2, 0.25) is 0 Å². The maximum absolute atomic E-state index is 14.3. The zero-order valence-corrected chi connectivity index (χ0v) is 14.9. The lowest BCUT2D eigenvalue weighted by atomic mass is 10.1. The largest absolute Gasteiger partial charge is 0.479 e. The summed E-state index contributed by atoms with van der Waals surface area (Å²) in [5, 5.41) is 0. The Bertz CT molecular complexity index is 898. The van der Waals surface area contributed by atoms with Gasteiger partial charge in [0.15, 0.2) is 11.9 Å². The quantitative estimate of drug-likeness (QED) is 0.809. The van der Waals surface area contributed by atoms with Crippen molar-refractivity contribution in [1.82, 2.24) is 4.98 Å². The van der Waals surface area contributed by atoms with E-state index in [-0.39, 0.29) is 11.7 Å². The number of hydrogen-bond donors (Lipinski definition) is 0. The van der Waals surface area contributed by atoms with Gasteiger partial charge in [-0.2, -0.15) is 0 Å². The summed E-state index contributed by atoms with van der Waals surface area (Å²) in [6.07, 6.45) is 2.05. The highest BCUT2D eigenvalue weighted by atomic mass is 19.1. The smallest absolute Gasteiger partial charge is 0.268 e. The molecular formula is C20H19FN2O4. The minimum Gasteiger partial charge on any atom is -0.479 e. The van der Waals surface area contributed by atoms with E-state index in [2.05, 4.69) is 4.98 Å². The summed E-state index contributed by atoms with van der Waals surface area (Å²) >= 11 is 0. The number of halogens is 1. The van der Waals surface area contributed by atoms with Gasteiger partial charge in [-0.1, -0.05) is 0 Å². The van der Waals surface area contributed by atoms with Crippen LogP contribution in [0.15, 0.2) is 30.5 Å². The summed E-state index contributed by atoms with van der Waals surface area (Å²) in [6.45, 7) is 2.79. The molecule has 2 heterocycles. The number of carbonyl (C=O) groups excluding carboxylic acids is 2. The van der Waals surface area contributed by atoms with Gasteiger partial charge in [-0.15, -0.1) is 0 Å². The molecule has 6 nitrogen and oxygen atoms in total. The molecule has 1 aliphatic carbocycles. The van der Waals surface area contributed by atoms with E-state index in [1.807, 2.05) is 6.92 Å². The highest BCUT2D eigenvalue weighted by molar-refractivity contribution is 6.04. The molecule has 1 aromatic heterocycles. The Morgan fingerprint density at radius 1 is 1.26 bits per heavy atom. The summed E-state index contributed by atoms with van der Waals surface area (Å²) in [4.78, 5) is 30.2. The van der Waals surface area contributed by atoms with Crippen molar-refractivity contribution < 1.29 is 23.5 Å². The van der Waals surface area contributed by atoms with Gasteiger partial charge in [-0.3, -0.25) is 9.59 Å². The van der Waals surface area contributed by atoms with Crippen LogP contribution >= 0.6 is 0 Å². The van der Waals surface area contributed by atoms with Crippen LogP contribution in [0.1, 0.15) is 35.7 Å².